The number of amides is 2. The third kappa shape index (κ3) is 6.16. The van der Waals surface area contributed by atoms with E-state index >= 15 is 0 Å². The first-order valence-electron chi connectivity index (χ1n) is 12.9. The Labute approximate surface area is 213 Å². The van der Waals surface area contributed by atoms with Gasteiger partial charge in [-0.2, -0.15) is 5.10 Å². The zero-order valence-corrected chi connectivity index (χ0v) is 22.1. The molecule has 0 spiro atoms. The van der Waals surface area contributed by atoms with Crippen LogP contribution in [0.1, 0.15) is 50.4 Å². The number of carbonyl (C=O) groups excluding carboxylic acids is 2. The van der Waals surface area contributed by atoms with Gasteiger partial charge in [0.25, 0.3) is 0 Å². The minimum absolute atomic E-state index is 0.0271. The molecule has 0 radical (unpaired) electrons. The van der Waals surface area contributed by atoms with E-state index in [1.54, 1.807) is 15.9 Å². The second-order valence-electron chi connectivity index (χ2n) is 10.4. The topological polar surface area (TPSA) is 95.3 Å². The van der Waals surface area contributed by atoms with Crippen LogP contribution in [0.2, 0.25) is 0 Å². The van der Waals surface area contributed by atoms with Crippen molar-refractivity contribution in [3.63, 3.8) is 0 Å². The molecule has 0 aliphatic carbocycles. The highest BCUT2D eigenvalue weighted by Gasteiger charge is 2.31. The first-order chi connectivity index (χ1) is 17.2. The highest BCUT2D eigenvalue weighted by molar-refractivity contribution is 5.87. The number of hydrogen-bond acceptors (Lipinski definition) is 7. The van der Waals surface area contributed by atoms with Crippen LogP contribution in [0, 0.1) is 6.92 Å². The fraction of sp³-hybridized carbons (Fsp3) is 0.615. The van der Waals surface area contributed by atoms with Crippen molar-refractivity contribution >= 4 is 23.3 Å². The number of likely N-dealkylation sites (N-methyl/N-ethyl adjacent to an activating group) is 1. The van der Waals surface area contributed by atoms with Crippen LogP contribution in [-0.2, 0) is 9.53 Å². The predicted molar refractivity (Wildman–Crippen MR) is 139 cm³/mol. The summed E-state index contributed by atoms with van der Waals surface area (Å²) in [6.07, 6.45) is 7.15. The summed E-state index contributed by atoms with van der Waals surface area (Å²) in [5, 5.41) is 8.28. The van der Waals surface area contributed by atoms with Crippen LogP contribution >= 0.6 is 0 Å². The molecule has 2 amide bonds. The maximum absolute atomic E-state index is 12.8. The summed E-state index contributed by atoms with van der Waals surface area (Å²) in [7, 11) is 3.92. The lowest BCUT2D eigenvalue weighted by Gasteiger charge is -2.33. The van der Waals surface area contributed by atoms with Crippen molar-refractivity contribution in [2.75, 3.05) is 52.1 Å². The summed E-state index contributed by atoms with van der Waals surface area (Å²) >= 11 is 0. The van der Waals surface area contributed by atoms with Gasteiger partial charge in [0.05, 0.1) is 29.8 Å². The van der Waals surface area contributed by atoms with Crippen LogP contribution in [0.4, 0.5) is 10.5 Å². The quantitative estimate of drug-likeness (QED) is 0.588. The molecule has 2 aliphatic rings. The van der Waals surface area contributed by atoms with Gasteiger partial charge in [-0.05, 0) is 45.8 Å². The molecule has 2 aliphatic heterocycles. The van der Waals surface area contributed by atoms with Gasteiger partial charge in [0.15, 0.2) is 5.65 Å². The van der Waals surface area contributed by atoms with Crippen molar-refractivity contribution in [3.8, 4) is 0 Å². The lowest BCUT2D eigenvalue weighted by atomic mass is 10.1. The molecule has 1 N–H and O–H groups in total. The number of rotatable bonds is 7. The van der Waals surface area contributed by atoms with Crippen LogP contribution in [0.25, 0.3) is 5.65 Å². The molecule has 196 valence electrons. The number of likely N-dealkylation sites (tertiary alicyclic amines) is 2. The van der Waals surface area contributed by atoms with Gasteiger partial charge in [0.1, 0.15) is 6.10 Å². The van der Waals surface area contributed by atoms with Crippen LogP contribution in [0.15, 0.2) is 24.4 Å². The Balaban J connectivity index is 1.26. The number of fused-ring (bicyclic) bond motifs is 1. The van der Waals surface area contributed by atoms with E-state index in [0.29, 0.717) is 38.5 Å². The zero-order valence-electron chi connectivity index (χ0n) is 22.1. The van der Waals surface area contributed by atoms with Gasteiger partial charge in [0.2, 0.25) is 5.91 Å². The zero-order chi connectivity index (χ0) is 25.8. The fourth-order valence-electron chi connectivity index (χ4n) is 4.75. The molecule has 2 aromatic heterocycles. The number of piperidine rings is 1. The average Bonchev–Trinajstić information content (AvgIpc) is 3.46. The summed E-state index contributed by atoms with van der Waals surface area (Å²) < 4.78 is 7.68. The van der Waals surface area contributed by atoms with Crippen LogP contribution in [0.5, 0.6) is 0 Å². The van der Waals surface area contributed by atoms with E-state index in [2.05, 4.69) is 29.2 Å². The van der Waals surface area contributed by atoms with Gasteiger partial charge < -0.3 is 24.8 Å². The number of aryl methyl sites for hydroxylation is 1. The normalized spacial score (nSPS) is 19.2. The van der Waals surface area contributed by atoms with E-state index in [1.807, 2.05) is 48.8 Å². The van der Waals surface area contributed by atoms with Crippen LogP contribution in [-0.4, -0.2) is 100 Å². The Kier molecular flexibility index (Phi) is 8.13. The number of aromatic nitrogens is 3. The molecule has 1 unspecified atom stereocenters. The Morgan fingerprint density at radius 2 is 1.92 bits per heavy atom. The molecule has 0 bridgehead atoms. The summed E-state index contributed by atoms with van der Waals surface area (Å²) in [5.41, 5.74) is 3.84. The molecular formula is C26H39N7O3. The number of nitrogens with one attached hydrogen (secondary N) is 1. The lowest BCUT2D eigenvalue weighted by Crippen LogP contribution is -2.44. The number of imidazole rings is 1. The van der Waals surface area contributed by atoms with E-state index in [0.717, 1.165) is 42.1 Å². The maximum Gasteiger partial charge on any atom is 0.410 e. The second-order valence-corrected chi connectivity index (χ2v) is 10.4. The molecule has 2 fully saturated rings. The van der Waals surface area contributed by atoms with Crippen LogP contribution in [0.3, 0.4) is 0 Å². The SMILES string of the molecule is Cc1cc(NC2CCN(C(=O)OC3CCN(C(=O)/C=C/CN(C)C)C3)CC2)c2ncc(C(C)C)n2n1. The number of nitrogens with zero attached hydrogens (tertiary/aromatic N) is 6. The lowest BCUT2D eigenvalue weighted by molar-refractivity contribution is -0.125. The summed E-state index contributed by atoms with van der Waals surface area (Å²) in [6.45, 7) is 9.31. The average molecular weight is 498 g/mol. The number of carbonyl (C=O) groups is 2. The summed E-state index contributed by atoms with van der Waals surface area (Å²) in [4.78, 5) is 35.2. The molecule has 0 aromatic carbocycles. The molecule has 1 atom stereocenters. The smallest absolute Gasteiger partial charge is 0.410 e. The van der Waals surface area contributed by atoms with E-state index in [4.69, 9.17) is 4.74 Å². The highest BCUT2D eigenvalue weighted by Crippen LogP contribution is 2.25. The first-order valence-corrected chi connectivity index (χ1v) is 12.9. The number of hydrogen-bond donors (Lipinski definition) is 1. The van der Waals surface area contributed by atoms with E-state index in [9.17, 15) is 9.59 Å². The van der Waals surface area contributed by atoms with Crippen molar-refractivity contribution in [2.45, 2.75) is 58.1 Å². The van der Waals surface area contributed by atoms with E-state index in [1.165, 1.54) is 0 Å². The Morgan fingerprint density at radius 1 is 1.19 bits per heavy atom. The third-order valence-corrected chi connectivity index (χ3v) is 6.78. The van der Waals surface area contributed by atoms with Crippen molar-refractivity contribution in [1.82, 2.24) is 29.3 Å². The van der Waals surface area contributed by atoms with E-state index in [-0.39, 0.29) is 24.1 Å². The van der Waals surface area contributed by atoms with Gasteiger partial charge in [-0.25, -0.2) is 14.3 Å². The standard InChI is InChI=1S/C26H39N7O3/c1-18(2)23-16-27-25-22(15-19(3)29-33(23)25)28-20-8-12-31(13-9-20)26(35)36-21-10-14-32(17-21)24(34)7-6-11-30(4)5/h6-7,15-16,18,20-21,28H,8-14,17H2,1-5H3/b7-6+. The molecule has 10 nitrogen and oxygen atoms in total. The summed E-state index contributed by atoms with van der Waals surface area (Å²) in [6, 6.07) is 2.28. The largest absolute Gasteiger partial charge is 0.444 e. The number of ether oxygens (including phenoxy) is 1. The molecule has 4 rings (SSSR count). The van der Waals surface area contributed by atoms with Gasteiger partial charge in [-0.1, -0.05) is 19.9 Å². The molecular weight excluding hydrogens is 458 g/mol. The van der Waals surface area contributed by atoms with Crippen LogP contribution < -0.4 is 5.32 Å². The molecule has 36 heavy (non-hydrogen) atoms. The number of anilines is 1. The predicted octanol–water partition coefficient (Wildman–Crippen LogP) is 2.89. The Hall–Kier alpha value is -3.14. The monoisotopic (exact) mass is 497 g/mol. The first kappa shape index (κ1) is 25.9. The molecule has 4 heterocycles. The van der Waals surface area contributed by atoms with Crippen molar-refractivity contribution in [2.24, 2.45) is 0 Å². The Morgan fingerprint density at radius 3 is 2.61 bits per heavy atom. The minimum Gasteiger partial charge on any atom is -0.444 e. The van der Waals surface area contributed by atoms with Crippen molar-refractivity contribution in [1.29, 1.82) is 0 Å². The second kappa shape index (κ2) is 11.3. The third-order valence-electron chi connectivity index (χ3n) is 6.78. The van der Waals surface area contributed by atoms with E-state index < -0.39 is 0 Å². The fourth-order valence-corrected chi connectivity index (χ4v) is 4.75. The highest BCUT2D eigenvalue weighted by atomic mass is 16.6. The molecule has 0 saturated carbocycles. The maximum atomic E-state index is 12.8. The van der Waals surface area contributed by atoms with Gasteiger partial charge in [-0.15, -0.1) is 0 Å². The Bertz CT molecular complexity index is 1100. The molecule has 2 aromatic rings. The molecule has 10 heteroatoms. The van der Waals surface area contributed by atoms with Gasteiger partial charge >= 0.3 is 6.09 Å². The van der Waals surface area contributed by atoms with Gasteiger partial charge in [0, 0.05) is 44.7 Å². The molecule has 2 saturated heterocycles. The summed E-state index contributed by atoms with van der Waals surface area (Å²) in [5.74, 6) is 0.307. The minimum atomic E-state index is -0.284. The van der Waals surface area contributed by atoms with Gasteiger partial charge in [-0.3, -0.25) is 4.79 Å². The van der Waals surface area contributed by atoms with Crippen molar-refractivity contribution in [3.05, 3.63) is 35.8 Å². The van der Waals surface area contributed by atoms with Crippen molar-refractivity contribution < 1.29 is 14.3 Å².